The highest BCUT2D eigenvalue weighted by atomic mass is 19.3. The van der Waals surface area contributed by atoms with Gasteiger partial charge in [0.05, 0.1) is 7.11 Å². The molecule has 0 amide bonds. The van der Waals surface area contributed by atoms with E-state index in [1.807, 2.05) is 12.1 Å². The van der Waals surface area contributed by atoms with Crippen molar-refractivity contribution in [2.24, 2.45) is 0 Å². The quantitative estimate of drug-likeness (QED) is 0.698. The van der Waals surface area contributed by atoms with Gasteiger partial charge in [-0.05, 0) is 42.7 Å². The zero-order valence-corrected chi connectivity index (χ0v) is 15.4. The van der Waals surface area contributed by atoms with Gasteiger partial charge in [-0.3, -0.25) is 0 Å². The number of nitrogens with zero attached hydrogens (tertiary/aromatic N) is 4. The Hall–Kier alpha value is -2.81. The van der Waals surface area contributed by atoms with Gasteiger partial charge in [0.15, 0.2) is 5.65 Å². The molecule has 7 nitrogen and oxygen atoms in total. The van der Waals surface area contributed by atoms with Crippen molar-refractivity contribution in [1.29, 1.82) is 0 Å². The predicted molar refractivity (Wildman–Crippen MR) is 99.0 cm³/mol. The van der Waals surface area contributed by atoms with Gasteiger partial charge in [-0.15, -0.1) is 15.3 Å². The fourth-order valence-electron chi connectivity index (χ4n) is 3.57. The van der Waals surface area contributed by atoms with Crippen molar-refractivity contribution in [2.75, 3.05) is 32.2 Å². The van der Waals surface area contributed by atoms with Gasteiger partial charge in [0.25, 0.3) is 6.43 Å². The Labute approximate surface area is 160 Å². The summed E-state index contributed by atoms with van der Waals surface area (Å²) in [5.41, 5.74) is 1.33. The van der Waals surface area contributed by atoms with Gasteiger partial charge in [-0.25, -0.2) is 8.78 Å². The van der Waals surface area contributed by atoms with Gasteiger partial charge in [-0.1, -0.05) is 12.1 Å². The van der Waals surface area contributed by atoms with E-state index in [0.29, 0.717) is 25.6 Å². The molecule has 1 aliphatic heterocycles. The van der Waals surface area contributed by atoms with Crippen LogP contribution < -0.4 is 10.1 Å². The van der Waals surface area contributed by atoms with Crippen LogP contribution in [0.3, 0.4) is 0 Å². The van der Waals surface area contributed by atoms with E-state index in [4.69, 9.17) is 9.47 Å². The van der Waals surface area contributed by atoms with E-state index in [9.17, 15) is 8.78 Å². The van der Waals surface area contributed by atoms with E-state index in [2.05, 4.69) is 32.7 Å². The van der Waals surface area contributed by atoms with Gasteiger partial charge in [0.2, 0.25) is 5.82 Å². The van der Waals surface area contributed by atoms with Gasteiger partial charge in [-0.2, -0.15) is 4.52 Å². The number of hydrogen-bond acceptors (Lipinski definition) is 6. The number of nitrogens with one attached hydrogen (secondary N) is 1. The smallest absolute Gasteiger partial charge is 0.299 e. The lowest BCUT2D eigenvalue weighted by molar-refractivity contribution is 0.0543. The molecule has 0 unspecified atom stereocenters. The van der Waals surface area contributed by atoms with E-state index in [1.54, 1.807) is 19.2 Å². The fraction of sp³-hybridized carbons (Fsp3) is 0.421. The van der Waals surface area contributed by atoms with Gasteiger partial charge >= 0.3 is 0 Å². The third kappa shape index (κ3) is 3.49. The van der Waals surface area contributed by atoms with Crippen molar-refractivity contribution in [3.05, 3.63) is 47.8 Å². The number of fused-ring (bicyclic) bond motifs is 1. The molecule has 28 heavy (non-hydrogen) atoms. The molecule has 9 heteroatoms. The number of methoxy groups -OCH3 is 1. The Balaban J connectivity index is 1.59. The highest BCUT2D eigenvalue weighted by Crippen LogP contribution is 2.36. The molecule has 1 saturated heterocycles. The second-order valence-electron chi connectivity index (χ2n) is 6.82. The Morgan fingerprint density at radius 3 is 2.57 bits per heavy atom. The van der Waals surface area contributed by atoms with Crippen LogP contribution in [0, 0.1) is 0 Å². The summed E-state index contributed by atoms with van der Waals surface area (Å²) in [6.07, 6.45) is -1.04. The maximum Gasteiger partial charge on any atom is 0.299 e. The third-order valence-electron chi connectivity index (χ3n) is 5.24. The number of anilines is 1. The van der Waals surface area contributed by atoms with Crippen LogP contribution in [0.15, 0.2) is 36.4 Å². The maximum atomic E-state index is 13.1. The summed E-state index contributed by atoms with van der Waals surface area (Å²) in [6.45, 7) is 1.94. The number of alkyl halides is 2. The minimum atomic E-state index is -2.74. The van der Waals surface area contributed by atoms with E-state index in [-0.39, 0.29) is 11.1 Å². The SMILES string of the molecule is COc1ccc(C2(CNc3ccc4nnc(C(F)F)n4n3)CCOCC2)cc1. The van der Waals surface area contributed by atoms with Crippen molar-refractivity contribution in [2.45, 2.75) is 24.7 Å². The first-order chi connectivity index (χ1) is 13.6. The minimum Gasteiger partial charge on any atom is -0.497 e. The first-order valence-corrected chi connectivity index (χ1v) is 9.08. The molecule has 2 aromatic heterocycles. The standard InChI is InChI=1S/C19H21F2N5O2/c1-27-14-4-2-13(3-5-14)19(8-10-28-11-9-19)12-22-15-6-7-16-23-24-18(17(20)21)26(16)25-15/h2-7,17H,8-12H2,1H3,(H,22,25). The van der Waals surface area contributed by atoms with Crippen molar-refractivity contribution in [3.8, 4) is 5.75 Å². The van der Waals surface area contributed by atoms with Crippen LogP contribution in [-0.2, 0) is 10.2 Å². The molecule has 0 spiro atoms. The molecule has 3 aromatic rings. The summed E-state index contributed by atoms with van der Waals surface area (Å²) < 4.78 is 38.0. The van der Waals surface area contributed by atoms with Crippen molar-refractivity contribution < 1.29 is 18.3 Å². The highest BCUT2D eigenvalue weighted by Gasteiger charge is 2.34. The first-order valence-electron chi connectivity index (χ1n) is 9.08. The van der Waals surface area contributed by atoms with Crippen LogP contribution in [0.1, 0.15) is 30.7 Å². The molecule has 1 aliphatic rings. The minimum absolute atomic E-state index is 0.139. The van der Waals surface area contributed by atoms with E-state index >= 15 is 0 Å². The summed E-state index contributed by atoms with van der Waals surface area (Å²) in [5.74, 6) is 0.835. The van der Waals surface area contributed by atoms with Crippen LogP contribution in [0.2, 0.25) is 0 Å². The lowest BCUT2D eigenvalue weighted by atomic mass is 9.74. The number of ether oxygens (including phenoxy) is 2. The van der Waals surface area contributed by atoms with Crippen LogP contribution in [0.25, 0.3) is 5.65 Å². The van der Waals surface area contributed by atoms with E-state index < -0.39 is 12.2 Å². The third-order valence-corrected chi connectivity index (χ3v) is 5.24. The monoisotopic (exact) mass is 389 g/mol. The molecule has 148 valence electrons. The largest absolute Gasteiger partial charge is 0.497 e. The van der Waals surface area contributed by atoms with Crippen LogP contribution in [-0.4, -0.2) is 46.7 Å². The van der Waals surface area contributed by atoms with Crippen LogP contribution >= 0.6 is 0 Å². The summed E-state index contributed by atoms with van der Waals surface area (Å²) in [5, 5.41) is 14.8. The Kier molecular flexibility index (Phi) is 5.08. The zero-order chi connectivity index (χ0) is 19.6. The number of halogens is 2. The van der Waals surface area contributed by atoms with Gasteiger partial charge in [0, 0.05) is 25.2 Å². The highest BCUT2D eigenvalue weighted by molar-refractivity contribution is 5.45. The van der Waals surface area contributed by atoms with E-state index in [1.165, 1.54) is 5.56 Å². The summed E-state index contributed by atoms with van der Waals surface area (Å²) in [7, 11) is 1.64. The molecule has 0 saturated carbocycles. The zero-order valence-electron chi connectivity index (χ0n) is 15.4. The molecule has 1 fully saturated rings. The summed E-state index contributed by atoms with van der Waals surface area (Å²) in [4.78, 5) is 0. The van der Waals surface area contributed by atoms with Crippen molar-refractivity contribution >= 4 is 11.5 Å². The molecule has 0 bridgehead atoms. The molecular weight excluding hydrogens is 368 g/mol. The lowest BCUT2D eigenvalue weighted by Gasteiger charge is -2.38. The molecule has 1 aromatic carbocycles. The predicted octanol–water partition coefficient (Wildman–Crippen LogP) is 3.23. The Morgan fingerprint density at radius 1 is 1.14 bits per heavy atom. The van der Waals surface area contributed by atoms with Crippen molar-refractivity contribution in [3.63, 3.8) is 0 Å². The molecule has 0 atom stereocenters. The second kappa shape index (κ2) is 7.67. The first kappa shape index (κ1) is 18.5. The molecular formula is C19H21F2N5O2. The summed E-state index contributed by atoms with van der Waals surface area (Å²) in [6, 6.07) is 11.4. The molecule has 0 radical (unpaired) electrons. The van der Waals surface area contributed by atoms with Gasteiger partial charge in [0.1, 0.15) is 11.6 Å². The summed E-state index contributed by atoms with van der Waals surface area (Å²) >= 11 is 0. The molecule has 4 rings (SSSR count). The van der Waals surface area contributed by atoms with Crippen LogP contribution in [0.5, 0.6) is 5.75 Å². The van der Waals surface area contributed by atoms with Crippen molar-refractivity contribution in [1.82, 2.24) is 19.8 Å². The Bertz CT molecular complexity index is 939. The second-order valence-corrected chi connectivity index (χ2v) is 6.82. The fourth-order valence-corrected chi connectivity index (χ4v) is 3.57. The number of benzene rings is 1. The number of hydrogen-bond donors (Lipinski definition) is 1. The Morgan fingerprint density at radius 2 is 1.89 bits per heavy atom. The van der Waals surface area contributed by atoms with Gasteiger partial charge < -0.3 is 14.8 Å². The number of aromatic nitrogens is 4. The topological polar surface area (TPSA) is 73.6 Å². The normalized spacial score (nSPS) is 16.4. The maximum absolute atomic E-state index is 13.1. The molecule has 0 aliphatic carbocycles. The van der Waals surface area contributed by atoms with E-state index in [0.717, 1.165) is 23.1 Å². The lowest BCUT2D eigenvalue weighted by Crippen LogP contribution is -2.40. The average Bonchev–Trinajstić information content (AvgIpc) is 3.16. The van der Waals surface area contributed by atoms with Crippen LogP contribution in [0.4, 0.5) is 14.6 Å². The average molecular weight is 389 g/mol. The molecule has 3 heterocycles. The molecule has 1 N–H and O–H groups in total. The number of rotatable bonds is 6.